The molecule has 0 bridgehead atoms. The van der Waals surface area contributed by atoms with Crippen LogP contribution in [0.4, 0.5) is 0 Å². The van der Waals surface area contributed by atoms with E-state index in [2.05, 4.69) is 15.3 Å². The summed E-state index contributed by atoms with van der Waals surface area (Å²) < 4.78 is 22.9. The smallest absolute Gasteiger partial charge is 0.271 e. The monoisotopic (exact) mass is 323 g/mol. The summed E-state index contributed by atoms with van der Waals surface area (Å²) in [5, 5.41) is 3.89. The van der Waals surface area contributed by atoms with E-state index in [1.54, 1.807) is 12.1 Å². The van der Waals surface area contributed by atoms with Crippen molar-refractivity contribution in [2.45, 2.75) is 4.90 Å². The van der Waals surface area contributed by atoms with E-state index in [-0.39, 0.29) is 16.5 Å². The number of nitrogens with one attached hydrogen (secondary N) is 2. The predicted molar refractivity (Wildman–Crippen MR) is 80.0 cm³/mol. The van der Waals surface area contributed by atoms with Gasteiger partial charge >= 0.3 is 0 Å². The zero-order chi connectivity index (χ0) is 15.2. The Bertz CT molecular complexity index is 979. The van der Waals surface area contributed by atoms with Crippen LogP contribution in [-0.4, -0.2) is 31.3 Å². The van der Waals surface area contributed by atoms with Crippen molar-refractivity contribution in [2.75, 3.05) is 7.05 Å². The van der Waals surface area contributed by atoms with Crippen LogP contribution in [0, 0.1) is 0 Å². The fourth-order valence-electron chi connectivity index (χ4n) is 2.24. The van der Waals surface area contributed by atoms with E-state index in [0.717, 1.165) is 0 Å². The summed E-state index contributed by atoms with van der Waals surface area (Å²) in [6, 6.07) is 6.21. The fraction of sp³-hybridized carbons (Fsp3) is 0.0769. The molecule has 2 N–H and O–H groups in total. The van der Waals surface area contributed by atoms with Crippen molar-refractivity contribution in [3.05, 3.63) is 36.2 Å². The number of hydrogen-bond donors (Lipinski definition) is 2. The number of fused-ring (bicyclic) bond motifs is 3. The van der Waals surface area contributed by atoms with E-state index in [4.69, 9.17) is 10.7 Å². The Hall–Kier alpha value is -2.12. The van der Waals surface area contributed by atoms with Crippen LogP contribution >= 0.6 is 10.7 Å². The van der Waals surface area contributed by atoms with Gasteiger partial charge in [0.05, 0.1) is 10.4 Å². The standard InChI is InChI=1S/C13H10ClN3O3S/c1-15-13(18)12-11-8(4-5-16-12)9-6-7(21(14,19)20)2-3-10(9)17-11/h2-6,17H,1H3,(H,15,18). The van der Waals surface area contributed by atoms with Crippen molar-refractivity contribution in [3.63, 3.8) is 0 Å². The average Bonchev–Trinajstić information content (AvgIpc) is 2.83. The van der Waals surface area contributed by atoms with Gasteiger partial charge in [0.1, 0.15) is 0 Å². The van der Waals surface area contributed by atoms with Gasteiger partial charge in [0, 0.05) is 40.2 Å². The molecule has 3 rings (SSSR count). The first-order chi connectivity index (χ1) is 9.91. The predicted octanol–water partition coefficient (Wildman–Crippen LogP) is 2.00. The number of pyridine rings is 1. The molecule has 0 saturated heterocycles. The number of aromatic amines is 1. The van der Waals surface area contributed by atoms with E-state index >= 15 is 0 Å². The lowest BCUT2D eigenvalue weighted by Crippen LogP contribution is -2.19. The number of benzene rings is 1. The van der Waals surface area contributed by atoms with E-state index < -0.39 is 9.05 Å². The number of halogens is 1. The van der Waals surface area contributed by atoms with Gasteiger partial charge in [0.2, 0.25) is 0 Å². The Morgan fingerprint density at radius 3 is 2.71 bits per heavy atom. The number of nitrogens with zero attached hydrogens (tertiary/aromatic N) is 1. The lowest BCUT2D eigenvalue weighted by Gasteiger charge is -2.00. The lowest BCUT2D eigenvalue weighted by molar-refractivity contribution is 0.0960. The van der Waals surface area contributed by atoms with Crippen LogP contribution in [0.1, 0.15) is 10.5 Å². The molecule has 0 saturated carbocycles. The number of carbonyl (C=O) groups is 1. The van der Waals surface area contributed by atoms with Crippen LogP contribution in [-0.2, 0) is 9.05 Å². The first-order valence-electron chi connectivity index (χ1n) is 5.99. The molecule has 8 heteroatoms. The average molecular weight is 324 g/mol. The van der Waals surface area contributed by atoms with Crippen molar-refractivity contribution >= 4 is 47.4 Å². The van der Waals surface area contributed by atoms with Crippen LogP contribution in [0.25, 0.3) is 21.8 Å². The van der Waals surface area contributed by atoms with E-state index in [1.807, 2.05) is 0 Å². The molecule has 0 spiro atoms. The zero-order valence-electron chi connectivity index (χ0n) is 10.8. The second kappa shape index (κ2) is 4.71. The molecule has 6 nitrogen and oxygen atoms in total. The van der Waals surface area contributed by atoms with Gasteiger partial charge < -0.3 is 10.3 Å². The summed E-state index contributed by atoms with van der Waals surface area (Å²) in [5.74, 6) is -0.322. The molecule has 0 atom stereocenters. The molecule has 2 heterocycles. The molecule has 0 aliphatic carbocycles. The van der Waals surface area contributed by atoms with Crippen molar-refractivity contribution in [1.82, 2.24) is 15.3 Å². The van der Waals surface area contributed by atoms with Crippen LogP contribution in [0.5, 0.6) is 0 Å². The molecule has 2 aromatic heterocycles. The highest BCUT2D eigenvalue weighted by molar-refractivity contribution is 8.13. The SMILES string of the molecule is CNC(=O)c1nccc2c1[nH]c1ccc(S(=O)(=O)Cl)cc12. The van der Waals surface area contributed by atoms with Gasteiger partial charge in [-0.25, -0.2) is 13.4 Å². The second-order valence-corrected chi connectivity index (χ2v) is 7.00. The minimum absolute atomic E-state index is 0.0101. The molecule has 3 aromatic rings. The molecular formula is C13H10ClN3O3S. The van der Waals surface area contributed by atoms with Gasteiger partial charge in [-0.3, -0.25) is 4.79 Å². The highest BCUT2D eigenvalue weighted by Crippen LogP contribution is 2.29. The number of aromatic nitrogens is 2. The topological polar surface area (TPSA) is 91.9 Å². The maximum atomic E-state index is 11.8. The maximum absolute atomic E-state index is 11.8. The summed E-state index contributed by atoms with van der Waals surface area (Å²) >= 11 is 0. The Labute approximate surface area is 124 Å². The number of H-pyrrole nitrogens is 1. The summed E-state index contributed by atoms with van der Waals surface area (Å²) in [5.41, 5.74) is 1.50. The molecule has 0 aliphatic rings. The Morgan fingerprint density at radius 1 is 1.29 bits per heavy atom. The molecule has 0 radical (unpaired) electrons. The Balaban J connectivity index is 2.39. The number of rotatable bonds is 2. The van der Waals surface area contributed by atoms with E-state index in [1.165, 1.54) is 25.4 Å². The number of carbonyl (C=O) groups excluding carboxylic acids is 1. The molecule has 0 fully saturated rings. The van der Waals surface area contributed by atoms with E-state index in [9.17, 15) is 13.2 Å². The summed E-state index contributed by atoms with van der Waals surface area (Å²) in [6.07, 6.45) is 1.50. The van der Waals surface area contributed by atoms with E-state index in [0.29, 0.717) is 21.8 Å². The number of amides is 1. The fourth-order valence-corrected chi connectivity index (χ4v) is 3.02. The van der Waals surface area contributed by atoms with Crippen molar-refractivity contribution < 1.29 is 13.2 Å². The normalized spacial score (nSPS) is 11.9. The highest BCUT2D eigenvalue weighted by Gasteiger charge is 2.16. The van der Waals surface area contributed by atoms with Crippen LogP contribution in [0.2, 0.25) is 0 Å². The largest absolute Gasteiger partial charge is 0.354 e. The van der Waals surface area contributed by atoms with Gasteiger partial charge in [-0.15, -0.1) is 0 Å². The second-order valence-electron chi connectivity index (χ2n) is 4.43. The van der Waals surface area contributed by atoms with Crippen LogP contribution < -0.4 is 5.32 Å². The van der Waals surface area contributed by atoms with Gasteiger partial charge in [-0.05, 0) is 24.3 Å². The maximum Gasteiger partial charge on any atom is 0.271 e. The third-order valence-corrected chi connectivity index (χ3v) is 4.57. The third kappa shape index (κ3) is 2.24. The quantitative estimate of drug-likeness (QED) is 0.706. The third-order valence-electron chi connectivity index (χ3n) is 3.22. The number of hydrogen-bond acceptors (Lipinski definition) is 4. The summed E-state index contributed by atoms with van der Waals surface area (Å²) in [7, 11) is 3.08. The Morgan fingerprint density at radius 2 is 2.05 bits per heavy atom. The first kappa shape index (κ1) is 13.8. The van der Waals surface area contributed by atoms with Gasteiger partial charge in [-0.2, -0.15) is 0 Å². The minimum atomic E-state index is -3.81. The van der Waals surface area contributed by atoms with Crippen molar-refractivity contribution in [3.8, 4) is 0 Å². The van der Waals surface area contributed by atoms with Crippen molar-refractivity contribution in [2.24, 2.45) is 0 Å². The Kier molecular flexibility index (Phi) is 3.11. The van der Waals surface area contributed by atoms with Crippen LogP contribution in [0.15, 0.2) is 35.4 Å². The van der Waals surface area contributed by atoms with Gasteiger partial charge in [-0.1, -0.05) is 0 Å². The van der Waals surface area contributed by atoms with Gasteiger partial charge in [0.25, 0.3) is 15.0 Å². The highest BCUT2D eigenvalue weighted by atomic mass is 35.7. The molecule has 0 unspecified atom stereocenters. The summed E-state index contributed by atoms with van der Waals surface area (Å²) in [6.45, 7) is 0. The van der Waals surface area contributed by atoms with Crippen molar-refractivity contribution in [1.29, 1.82) is 0 Å². The molecule has 0 aliphatic heterocycles. The minimum Gasteiger partial charge on any atom is -0.354 e. The van der Waals surface area contributed by atoms with Gasteiger partial charge in [0.15, 0.2) is 5.69 Å². The first-order valence-corrected chi connectivity index (χ1v) is 8.30. The zero-order valence-corrected chi connectivity index (χ0v) is 12.4. The molecular weight excluding hydrogens is 314 g/mol. The lowest BCUT2D eigenvalue weighted by atomic mass is 10.1. The van der Waals surface area contributed by atoms with Crippen LogP contribution in [0.3, 0.4) is 0 Å². The molecule has 1 amide bonds. The summed E-state index contributed by atoms with van der Waals surface area (Å²) in [4.78, 5) is 19.0. The molecule has 1 aromatic carbocycles. The molecule has 108 valence electrons. The molecule has 21 heavy (non-hydrogen) atoms.